The summed E-state index contributed by atoms with van der Waals surface area (Å²) in [6, 6.07) is 17.6. The lowest BCUT2D eigenvalue weighted by Gasteiger charge is -2.23. The predicted octanol–water partition coefficient (Wildman–Crippen LogP) is 5.54. The predicted molar refractivity (Wildman–Crippen MR) is 119 cm³/mol. The van der Waals surface area contributed by atoms with E-state index in [0.29, 0.717) is 6.61 Å². The van der Waals surface area contributed by atoms with Gasteiger partial charge in [-0.25, -0.2) is 4.98 Å². The Morgan fingerprint density at radius 2 is 1.97 bits per heavy atom. The van der Waals surface area contributed by atoms with Crippen molar-refractivity contribution >= 4 is 28.2 Å². The highest BCUT2D eigenvalue weighted by atomic mass is 32.1. The summed E-state index contributed by atoms with van der Waals surface area (Å²) in [5, 5.41) is 3.81. The molecule has 2 heterocycles. The smallest absolute Gasteiger partial charge is 0.228 e. The molecule has 1 atom stereocenters. The average molecular weight is 421 g/mol. The number of fused-ring (bicyclic) bond motifs is 1. The van der Waals surface area contributed by atoms with Gasteiger partial charge in [0, 0.05) is 17.8 Å². The molecule has 0 aliphatic carbocycles. The molecule has 0 saturated carbocycles. The fourth-order valence-electron chi connectivity index (χ4n) is 3.17. The first-order chi connectivity index (χ1) is 14.5. The summed E-state index contributed by atoms with van der Waals surface area (Å²) in [7, 11) is 1.80. The van der Waals surface area contributed by atoms with E-state index < -0.39 is 0 Å². The first kappa shape index (κ1) is 20.2. The van der Waals surface area contributed by atoms with Gasteiger partial charge >= 0.3 is 0 Å². The molecule has 5 nitrogen and oxygen atoms in total. The molecule has 4 rings (SSSR count). The first-order valence-corrected chi connectivity index (χ1v) is 10.7. The number of rotatable bonds is 7. The molecule has 1 amide bonds. The quantitative estimate of drug-likeness (QED) is 0.394. The van der Waals surface area contributed by atoms with Gasteiger partial charge in [0.2, 0.25) is 5.91 Å². The molecule has 0 bridgehead atoms. The van der Waals surface area contributed by atoms with Crippen LogP contribution in [0, 0.1) is 6.92 Å². The van der Waals surface area contributed by atoms with Gasteiger partial charge in [-0.1, -0.05) is 35.9 Å². The highest BCUT2D eigenvalue weighted by Crippen LogP contribution is 2.27. The van der Waals surface area contributed by atoms with Crippen LogP contribution in [0.4, 0.5) is 0 Å². The van der Waals surface area contributed by atoms with E-state index in [-0.39, 0.29) is 18.4 Å². The van der Waals surface area contributed by atoms with Crippen LogP contribution in [0.5, 0.6) is 5.75 Å². The minimum atomic E-state index is -0.159. The van der Waals surface area contributed by atoms with Gasteiger partial charge in [0.25, 0.3) is 0 Å². The summed E-state index contributed by atoms with van der Waals surface area (Å²) in [5.41, 5.74) is 2.78. The van der Waals surface area contributed by atoms with Crippen LogP contribution in [0.1, 0.15) is 35.0 Å². The number of carbonyl (C=O) groups is 1. The summed E-state index contributed by atoms with van der Waals surface area (Å²) in [5.74, 6) is 1.59. The van der Waals surface area contributed by atoms with E-state index in [4.69, 9.17) is 9.15 Å². The van der Waals surface area contributed by atoms with E-state index in [2.05, 4.69) is 4.98 Å². The molecule has 0 saturated heterocycles. The minimum absolute atomic E-state index is 0.000686. The second-order valence-corrected chi connectivity index (χ2v) is 8.32. The van der Waals surface area contributed by atoms with Crippen LogP contribution in [0.15, 0.2) is 64.4 Å². The highest BCUT2D eigenvalue weighted by Gasteiger charge is 2.21. The van der Waals surface area contributed by atoms with Crippen molar-refractivity contribution in [3.8, 4) is 5.75 Å². The molecule has 154 valence electrons. The molecule has 0 radical (unpaired) electrons. The summed E-state index contributed by atoms with van der Waals surface area (Å²) in [4.78, 5) is 19.0. The van der Waals surface area contributed by atoms with E-state index in [1.807, 2.05) is 73.8 Å². The highest BCUT2D eigenvalue weighted by molar-refractivity contribution is 7.09. The molecule has 0 spiro atoms. The zero-order valence-corrected chi connectivity index (χ0v) is 18.1. The van der Waals surface area contributed by atoms with Crippen molar-refractivity contribution in [3.63, 3.8) is 0 Å². The number of hydrogen-bond acceptors (Lipinski definition) is 5. The summed E-state index contributed by atoms with van der Waals surface area (Å²) in [6.45, 7) is 4.41. The number of carbonyl (C=O) groups excluding carboxylic acids is 1. The van der Waals surface area contributed by atoms with Crippen LogP contribution < -0.4 is 4.74 Å². The third kappa shape index (κ3) is 4.54. The van der Waals surface area contributed by atoms with E-state index >= 15 is 0 Å². The molecule has 30 heavy (non-hydrogen) atoms. The molecule has 1 unspecified atom stereocenters. The topological polar surface area (TPSA) is 55.6 Å². The second-order valence-electron chi connectivity index (χ2n) is 7.38. The Morgan fingerprint density at radius 3 is 2.73 bits per heavy atom. The lowest BCUT2D eigenvalue weighted by atomic mass is 10.2. The Labute approximate surface area is 179 Å². The molecule has 2 aromatic carbocycles. The Balaban J connectivity index is 1.35. The maximum absolute atomic E-state index is 12.8. The van der Waals surface area contributed by atoms with Gasteiger partial charge in [-0.3, -0.25) is 4.79 Å². The molecule has 0 aliphatic rings. The van der Waals surface area contributed by atoms with Crippen LogP contribution in [0.2, 0.25) is 0 Å². The minimum Gasteiger partial charge on any atom is -0.486 e. The number of hydrogen-bond donors (Lipinski definition) is 0. The lowest BCUT2D eigenvalue weighted by molar-refractivity contribution is -0.131. The largest absolute Gasteiger partial charge is 0.486 e. The van der Waals surface area contributed by atoms with E-state index in [1.54, 1.807) is 11.9 Å². The number of nitrogens with zero attached hydrogens (tertiary/aromatic N) is 2. The molecule has 4 aromatic rings. The number of para-hydroxylation sites is 1. The van der Waals surface area contributed by atoms with Crippen LogP contribution in [-0.4, -0.2) is 22.8 Å². The van der Waals surface area contributed by atoms with Crippen molar-refractivity contribution < 1.29 is 13.9 Å². The standard InChI is InChI=1S/C24H24N2O3S/c1-16-8-10-20(11-9-16)28-14-23-25-19(15-30-23)13-24(27)26(3)17(2)22-12-18-6-4-5-7-21(18)29-22/h4-12,15,17H,13-14H2,1-3H3. The Bertz CT molecular complexity index is 1110. The van der Waals surface area contributed by atoms with Gasteiger partial charge in [-0.15, -0.1) is 11.3 Å². The summed E-state index contributed by atoms with van der Waals surface area (Å²) in [6.07, 6.45) is 0.252. The third-order valence-electron chi connectivity index (χ3n) is 5.15. The lowest BCUT2D eigenvalue weighted by Crippen LogP contribution is -2.30. The van der Waals surface area contributed by atoms with Gasteiger partial charge in [0.05, 0.1) is 18.2 Å². The zero-order valence-electron chi connectivity index (χ0n) is 17.3. The fraction of sp³-hybridized carbons (Fsp3) is 0.250. The van der Waals surface area contributed by atoms with Crippen LogP contribution in [0.25, 0.3) is 11.0 Å². The van der Waals surface area contributed by atoms with Gasteiger partial charge in [0.15, 0.2) is 0 Å². The van der Waals surface area contributed by atoms with E-state index in [0.717, 1.165) is 33.2 Å². The van der Waals surface area contributed by atoms with E-state index in [1.165, 1.54) is 16.9 Å². The number of aryl methyl sites for hydroxylation is 1. The summed E-state index contributed by atoms with van der Waals surface area (Å²) >= 11 is 1.51. The molecule has 0 fully saturated rings. The molecule has 0 N–H and O–H groups in total. The summed E-state index contributed by atoms with van der Waals surface area (Å²) < 4.78 is 11.7. The van der Waals surface area contributed by atoms with Gasteiger partial charge < -0.3 is 14.1 Å². The Morgan fingerprint density at radius 1 is 1.20 bits per heavy atom. The molecule has 6 heteroatoms. The monoisotopic (exact) mass is 420 g/mol. The molecule has 0 aliphatic heterocycles. The SMILES string of the molecule is Cc1ccc(OCc2nc(CC(=O)N(C)C(C)c3cc4ccccc4o3)cs2)cc1. The maximum Gasteiger partial charge on any atom is 0.228 e. The fourth-order valence-corrected chi connectivity index (χ4v) is 3.88. The molecular formula is C24H24N2O3S. The number of thiazole rings is 1. The molecule has 2 aromatic heterocycles. The van der Waals surface area contributed by atoms with Gasteiger partial charge in [-0.05, 0) is 38.1 Å². The average Bonchev–Trinajstić information content (AvgIpc) is 3.39. The van der Waals surface area contributed by atoms with Crippen LogP contribution >= 0.6 is 11.3 Å². The van der Waals surface area contributed by atoms with Crippen LogP contribution in [0.3, 0.4) is 0 Å². The number of amides is 1. The van der Waals surface area contributed by atoms with E-state index in [9.17, 15) is 4.79 Å². The Hall–Kier alpha value is -3.12. The van der Waals surface area contributed by atoms with Crippen molar-refractivity contribution in [2.24, 2.45) is 0 Å². The number of furan rings is 1. The number of likely N-dealkylation sites (N-methyl/N-ethyl adjacent to an activating group) is 1. The first-order valence-electron chi connectivity index (χ1n) is 9.86. The normalized spacial score (nSPS) is 12.1. The zero-order chi connectivity index (χ0) is 21.1. The van der Waals surface area contributed by atoms with Crippen LogP contribution in [-0.2, 0) is 17.8 Å². The van der Waals surface area contributed by atoms with Crippen molar-refractivity contribution in [1.29, 1.82) is 0 Å². The number of benzene rings is 2. The van der Waals surface area contributed by atoms with Crippen molar-refractivity contribution in [1.82, 2.24) is 9.88 Å². The molecular weight excluding hydrogens is 396 g/mol. The third-order valence-corrected chi connectivity index (χ3v) is 6.02. The number of ether oxygens (including phenoxy) is 1. The second kappa shape index (κ2) is 8.71. The van der Waals surface area contributed by atoms with Gasteiger partial charge in [-0.2, -0.15) is 0 Å². The van der Waals surface area contributed by atoms with Crippen molar-refractivity contribution in [2.45, 2.75) is 32.9 Å². The Kier molecular flexibility index (Phi) is 5.86. The van der Waals surface area contributed by atoms with Gasteiger partial charge in [0.1, 0.15) is 28.7 Å². The number of aromatic nitrogens is 1. The van der Waals surface area contributed by atoms with Crippen molar-refractivity contribution in [2.75, 3.05) is 7.05 Å². The maximum atomic E-state index is 12.8. The van der Waals surface area contributed by atoms with Crippen molar-refractivity contribution in [3.05, 3.63) is 82.0 Å².